The van der Waals surface area contributed by atoms with Gasteiger partial charge in [-0.1, -0.05) is 56.8 Å². The van der Waals surface area contributed by atoms with E-state index in [4.69, 9.17) is 29.1 Å². The minimum absolute atomic E-state index is 0.0427. The topological polar surface area (TPSA) is 129 Å². The van der Waals surface area contributed by atoms with Gasteiger partial charge in [0.25, 0.3) is 5.91 Å². The van der Waals surface area contributed by atoms with E-state index < -0.39 is 5.54 Å². The minimum atomic E-state index is -0.667. The van der Waals surface area contributed by atoms with Crippen molar-refractivity contribution in [3.8, 4) is 6.07 Å². The van der Waals surface area contributed by atoms with E-state index in [1.54, 1.807) is 47.4 Å². The maximum absolute atomic E-state index is 13.0. The van der Waals surface area contributed by atoms with Gasteiger partial charge in [0, 0.05) is 44.3 Å². The van der Waals surface area contributed by atoms with Crippen molar-refractivity contribution < 1.29 is 19.2 Å². The first-order chi connectivity index (χ1) is 24.9. The molecule has 4 aliphatic rings. The average Bonchev–Trinajstić information content (AvgIpc) is 3.32. The van der Waals surface area contributed by atoms with E-state index in [0.717, 1.165) is 18.4 Å². The number of rotatable bonds is 8. The summed E-state index contributed by atoms with van der Waals surface area (Å²) in [7, 11) is 0. The van der Waals surface area contributed by atoms with E-state index in [0.29, 0.717) is 52.4 Å². The summed E-state index contributed by atoms with van der Waals surface area (Å²) in [5.41, 5.74) is 1.88. The third-order valence-electron chi connectivity index (χ3n) is 10.2. The Morgan fingerprint density at radius 1 is 0.981 bits per heavy atom. The molecular weight excluding hydrogens is 698 g/mol. The molecule has 4 fully saturated rings. The third kappa shape index (κ3) is 10.2. The summed E-state index contributed by atoms with van der Waals surface area (Å²) in [6, 6.07) is 14.4. The molecule has 3 aliphatic heterocycles. The van der Waals surface area contributed by atoms with Crippen LogP contribution in [0.15, 0.2) is 42.5 Å². The summed E-state index contributed by atoms with van der Waals surface area (Å²) in [5, 5.41) is 14.7. The summed E-state index contributed by atoms with van der Waals surface area (Å²) in [5.74, 6) is -0.792. The number of nitrogens with zero attached hydrogens (tertiary/aromatic N) is 5. The highest BCUT2D eigenvalue weighted by molar-refractivity contribution is 7.80. The Kier molecular flexibility index (Phi) is 15.1. The molecule has 0 spiro atoms. The van der Waals surface area contributed by atoms with Crippen molar-refractivity contribution in [1.82, 2.24) is 20.0 Å². The van der Waals surface area contributed by atoms with Gasteiger partial charge in [0.1, 0.15) is 11.6 Å². The lowest BCUT2D eigenvalue weighted by atomic mass is 9.90. The number of halogens is 1. The van der Waals surface area contributed by atoms with Gasteiger partial charge in [-0.2, -0.15) is 5.26 Å². The summed E-state index contributed by atoms with van der Waals surface area (Å²) in [6.07, 6.45) is 8.54. The van der Waals surface area contributed by atoms with E-state index in [2.05, 4.69) is 39.2 Å². The quantitative estimate of drug-likeness (QED) is 0.188. The van der Waals surface area contributed by atoms with Crippen LogP contribution in [0.25, 0.3) is 0 Å². The van der Waals surface area contributed by atoms with Crippen LogP contribution in [-0.4, -0.2) is 94.8 Å². The molecule has 280 valence electrons. The van der Waals surface area contributed by atoms with Gasteiger partial charge in [-0.15, -0.1) is 0 Å². The molecule has 3 heterocycles. The number of thiocarbonyl (C=S) groups is 1. The van der Waals surface area contributed by atoms with E-state index in [1.165, 1.54) is 65.0 Å². The van der Waals surface area contributed by atoms with Crippen molar-refractivity contribution in [3.05, 3.63) is 58.6 Å². The molecule has 11 nitrogen and oxygen atoms in total. The summed E-state index contributed by atoms with van der Waals surface area (Å²) >= 11 is 11.8. The minimum Gasteiger partial charge on any atom is -0.331 e. The monoisotopic (exact) mass is 749 g/mol. The van der Waals surface area contributed by atoms with Gasteiger partial charge in [0.2, 0.25) is 18.2 Å². The van der Waals surface area contributed by atoms with Gasteiger partial charge < -0.3 is 20.0 Å². The first-order valence-corrected chi connectivity index (χ1v) is 19.2. The number of piperazine rings is 1. The van der Waals surface area contributed by atoms with Crippen molar-refractivity contribution >= 4 is 64.4 Å². The summed E-state index contributed by atoms with van der Waals surface area (Å²) in [6.45, 7) is 16.0. The fourth-order valence-corrected chi connectivity index (χ4v) is 8.04. The second-order valence-corrected chi connectivity index (χ2v) is 14.9. The zero-order chi connectivity index (χ0) is 37.8. The molecule has 2 aromatic rings. The maximum Gasteiger partial charge on any atom is 0.258 e. The molecule has 1 atom stereocenters. The molecule has 1 unspecified atom stereocenters. The summed E-state index contributed by atoms with van der Waals surface area (Å²) < 4.78 is 0. The van der Waals surface area contributed by atoms with Crippen LogP contribution >= 0.6 is 23.8 Å². The van der Waals surface area contributed by atoms with E-state index in [1.807, 2.05) is 19.9 Å². The van der Waals surface area contributed by atoms with Crippen molar-refractivity contribution in [2.75, 3.05) is 49.5 Å². The predicted molar refractivity (Wildman–Crippen MR) is 209 cm³/mol. The molecule has 0 bridgehead atoms. The number of hydrogen-bond donors (Lipinski definition) is 2. The lowest BCUT2D eigenvalue weighted by molar-refractivity contribution is -0.134. The normalized spacial score (nSPS) is 21.0. The van der Waals surface area contributed by atoms with Crippen molar-refractivity contribution in [3.63, 3.8) is 0 Å². The van der Waals surface area contributed by atoms with Crippen LogP contribution in [0.5, 0.6) is 0 Å². The highest BCUT2D eigenvalue weighted by Crippen LogP contribution is 2.38. The molecule has 0 aromatic heterocycles. The van der Waals surface area contributed by atoms with Gasteiger partial charge in [-0.3, -0.25) is 29.4 Å². The average molecular weight is 750 g/mol. The highest BCUT2D eigenvalue weighted by Gasteiger charge is 2.52. The Hall–Kier alpha value is -3.89. The van der Waals surface area contributed by atoms with Crippen LogP contribution in [0.2, 0.25) is 5.02 Å². The number of hydrogen-bond acceptors (Lipinski definition) is 8. The number of piperidine rings is 1. The zero-order valence-electron chi connectivity index (χ0n) is 30.8. The first-order valence-electron chi connectivity index (χ1n) is 18.4. The molecule has 52 heavy (non-hydrogen) atoms. The molecule has 13 heteroatoms. The van der Waals surface area contributed by atoms with E-state index in [-0.39, 0.29) is 23.6 Å². The van der Waals surface area contributed by atoms with Crippen LogP contribution < -0.4 is 15.5 Å². The SMILES string of the molecule is CC1(C)C(=O)N(c2ccc(C#N)c(Cl)c2)C(=S)N1C1CCCCC1.CCCN1CCN(CC)CC1.O=CNc1ccc(C2CCC(=O)NC2=O)cc1. The van der Waals surface area contributed by atoms with Crippen molar-refractivity contribution in [1.29, 1.82) is 5.26 Å². The Bertz CT molecular complexity index is 1620. The first kappa shape index (κ1) is 40.9. The third-order valence-corrected chi connectivity index (χ3v) is 10.9. The molecule has 1 saturated carbocycles. The van der Waals surface area contributed by atoms with Crippen LogP contribution in [0, 0.1) is 11.3 Å². The molecule has 2 aromatic carbocycles. The maximum atomic E-state index is 13.0. The number of carbonyl (C=O) groups is 4. The molecule has 1 aliphatic carbocycles. The smallest absolute Gasteiger partial charge is 0.258 e. The standard InChI is InChI=1S/C18H20ClN3OS.C12H12N2O3.C9H20N2/c1-18(2)16(23)21(14-9-8-12(11-20)15(19)10-14)17(24)22(18)13-6-4-3-5-7-13;15-7-13-9-3-1-8(2-4-9)10-5-6-11(16)14-12(10)17;1-3-5-11-8-6-10(4-2)7-9-11/h8-10,13H,3-7H2,1-2H3;1-4,7,10H,5-6H2,(H,13,15)(H,14,16,17);3-9H2,1-2H3. The van der Waals surface area contributed by atoms with Gasteiger partial charge in [-0.25, -0.2) is 0 Å². The second-order valence-electron chi connectivity index (χ2n) is 14.1. The second kappa shape index (κ2) is 19.3. The van der Waals surface area contributed by atoms with E-state index in [9.17, 15) is 19.2 Å². The number of anilines is 2. The fraction of sp³-hybridized carbons (Fsp3) is 0.538. The van der Waals surface area contributed by atoms with E-state index >= 15 is 0 Å². The molecule has 6 rings (SSSR count). The Balaban J connectivity index is 0.000000188. The molecule has 4 amide bonds. The van der Waals surface area contributed by atoms with Gasteiger partial charge in [0.05, 0.1) is 22.2 Å². The number of carbonyl (C=O) groups excluding carboxylic acids is 4. The number of amides is 4. The molecule has 3 saturated heterocycles. The lowest BCUT2D eigenvalue weighted by Crippen LogP contribution is -2.50. The van der Waals surface area contributed by atoms with Crippen LogP contribution in [-0.2, 0) is 19.2 Å². The van der Waals surface area contributed by atoms with Gasteiger partial charge >= 0.3 is 0 Å². The van der Waals surface area contributed by atoms with Crippen molar-refractivity contribution in [2.24, 2.45) is 0 Å². The highest BCUT2D eigenvalue weighted by atomic mass is 35.5. The Morgan fingerprint density at radius 2 is 1.63 bits per heavy atom. The van der Waals surface area contributed by atoms with Gasteiger partial charge in [0.15, 0.2) is 5.11 Å². The number of nitrogens with one attached hydrogen (secondary N) is 2. The lowest BCUT2D eigenvalue weighted by Gasteiger charge is -2.39. The zero-order valence-corrected chi connectivity index (χ0v) is 32.4. The fourth-order valence-electron chi connectivity index (χ4n) is 7.26. The number of benzene rings is 2. The Morgan fingerprint density at radius 3 is 2.19 bits per heavy atom. The predicted octanol–water partition coefficient (Wildman–Crippen LogP) is 6.07. The van der Waals surface area contributed by atoms with Gasteiger partial charge in [-0.05, 0) is 101 Å². The molecule has 2 N–H and O–H groups in total. The van der Waals surface area contributed by atoms with Crippen LogP contribution in [0.1, 0.15) is 96.1 Å². The number of nitriles is 1. The van der Waals surface area contributed by atoms with Crippen molar-refractivity contribution in [2.45, 2.75) is 96.6 Å². The van der Waals surface area contributed by atoms with Crippen LogP contribution in [0.3, 0.4) is 0 Å². The largest absolute Gasteiger partial charge is 0.331 e. The molecular formula is C39H52ClN7O4S. The Labute approximate surface area is 318 Å². The van der Waals surface area contributed by atoms with Crippen LogP contribution in [0.4, 0.5) is 11.4 Å². The summed E-state index contributed by atoms with van der Waals surface area (Å²) in [4.78, 5) is 54.7. The number of imide groups is 1. The molecule has 0 radical (unpaired) electrons. The number of likely N-dealkylation sites (N-methyl/N-ethyl adjacent to an activating group) is 1.